The smallest absolute Gasteiger partial charge is 0.381 e. The van der Waals surface area contributed by atoms with Gasteiger partial charge in [-0.3, -0.25) is 14.3 Å². The van der Waals surface area contributed by atoms with E-state index < -0.39 is 30.0 Å². The van der Waals surface area contributed by atoms with Gasteiger partial charge in [0.15, 0.2) is 0 Å². The Morgan fingerprint density at radius 2 is 1.84 bits per heavy atom. The number of primary amides is 1. The number of imidazole rings is 1. The number of carbonyl (C=O) groups excluding carboxylic acids is 2. The molecule has 3 N–H and O–H groups in total. The molecule has 0 aromatic carbocycles. The molecule has 5 heterocycles. The SMILES string of the molecule is CCn1nccc1C(N)=O.O=C1NC(C(F)(F)F)CC1Cc1nn2cc(CC(C3CC3)C3CC3)nc2nc1C1CCOCC1. The maximum absolute atomic E-state index is 13.2. The number of aryl methyl sites for hydroxylation is 1. The summed E-state index contributed by atoms with van der Waals surface area (Å²) < 4.78 is 48.3. The van der Waals surface area contributed by atoms with Crippen molar-refractivity contribution in [3.63, 3.8) is 0 Å². The third-order valence-electron chi connectivity index (χ3n) is 9.28. The van der Waals surface area contributed by atoms with E-state index in [0.29, 0.717) is 42.8 Å². The molecule has 0 spiro atoms. The van der Waals surface area contributed by atoms with Crippen LogP contribution in [0.4, 0.5) is 13.2 Å². The van der Waals surface area contributed by atoms with Gasteiger partial charge in [-0.1, -0.05) is 0 Å². The summed E-state index contributed by atoms with van der Waals surface area (Å²) in [5.74, 6) is 1.19. The van der Waals surface area contributed by atoms with Gasteiger partial charge < -0.3 is 15.8 Å². The monoisotopic (exact) mass is 616 g/mol. The van der Waals surface area contributed by atoms with Gasteiger partial charge in [-0.15, -0.1) is 0 Å². The minimum Gasteiger partial charge on any atom is -0.381 e. The van der Waals surface area contributed by atoms with Crippen LogP contribution in [0.25, 0.3) is 5.78 Å². The lowest BCUT2D eigenvalue weighted by molar-refractivity contribution is -0.154. The Kier molecular flexibility index (Phi) is 8.62. The van der Waals surface area contributed by atoms with E-state index in [0.717, 1.165) is 42.5 Å². The van der Waals surface area contributed by atoms with E-state index in [4.69, 9.17) is 25.5 Å². The largest absolute Gasteiger partial charge is 0.408 e. The molecule has 0 radical (unpaired) electrons. The number of amides is 2. The molecule has 2 aliphatic heterocycles. The molecule has 2 aliphatic carbocycles. The Labute approximate surface area is 253 Å². The molecule has 3 aromatic rings. The molecule has 11 nitrogen and oxygen atoms in total. The minimum absolute atomic E-state index is 0.106. The average Bonchev–Trinajstić information content (AvgIpc) is 3.90. The second kappa shape index (κ2) is 12.4. The van der Waals surface area contributed by atoms with Crippen LogP contribution < -0.4 is 11.1 Å². The molecule has 3 aromatic heterocycles. The van der Waals surface area contributed by atoms with Gasteiger partial charge in [0, 0.05) is 44.2 Å². The fraction of sp³-hybridized carbons (Fsp3) is 0.667. The van der Waals surface area contributed by atoms with Crippen LogP contribution in [-0.2, 0) is 28.9 Å². The molecule has 14 heteroatoms. The van der Waals surface area contributed by atoms with Crippen molar-refractivity contribution in [1.29, 1.82) is 0 Å². The highest BCUT2D eigenvalue weighted by Crippen LogP contribution is 2.50. The molecular formula is C30H39F3N8O3. The number of alkyl halides is 3. The highest BCUT2D eigenvalue weighted by Gasteiger charge is 2.48. The first-order valence-corrected chi connectivity index (χ1v) is 15.6. The normalized spacial score (nSPS) is 22.7. The molecule has 238 valence electrons. The first kappa shape index (κ1) is 30.5. The van der Waals surface area contributed by atoms with Crippen LogP contribution in [0.15, 0.2) is 18.5 Å². The Morgan fingerprint density at radius 3 is 2.41 bits per heavy atom. The Bertz CT molecular complexity index is 1480. The standard InChI is InChI=1S/C24H30F3N5O2.C6H9N3O/c25-24(26,27)20-10-16(22(33)29-20)9-19-21(15-5-7-34-8-6-15)30-23-28-17(12-32(23)31-19)11-18(13-1-2-13)14-3-4-14;1-2-9-5(6(7)10)3-4-8-9/h12-16,18,20H,1-11H2,(H,29,33);3-4H,2H2,1H3,(H2,7,10). The number of nitrogens with one attached hydrogen (secondary N) is 1. The Balaban J connectivity index is 0.000000294. The van der Waals surface area contributed by atoms with Crippen molar-refractivity contribution in [3.05, 3.63) is 41.2 Å². The van der Waals surface area contributed by atoms with Crippen LogP contribution in [0.5, 0.6) is 0 Å². The average molecular weight is 617 g/mol. The number of nitrogens with two attached hydrogens (primary N) is 1. The number of hydrogen-bond donors (Lipinski definition) is 2. The number of nitrogens with zero attached hydrogens (tertiary/aromatic N) is 6. The molecule has 2 amide bonds. The van der Waals surface area contributed by atoms with Crippen LogP contribution in [0, 0.1) is 23.7 Å². The Hall–Kier alpha value is -3.55. The lowest BCUT2D eigenvalue weighted by Gasteiger charge is -2.23. The van der Waals surface area contributed by atoms with Crippen LogP contribution in [0.2, 0.25) is 0 Å². The highest BCUT2D eigenvalue weighted by molar-refractivity contribution is 5.90. The fourth-order valence-corrected chi connectivity index (χ4v) is 6.62. The first-order chi connectivity index (χ1) is 21.1. The van der Waals surface area contributed by atoms with E-state index >= 15 is 0 Å². The number of ether oxygens (including phenoxy) is 1. The summed E-state index contributed by atoms with van der Waals surface area (Å²) in [5, 5.41) is 10.8. The van der Waals surface area contributed by atoms with E-state index in [1.807, 2.05) is 13.1 Å². The lowest BCUT2D eigenvalue weighted by atomic mass is 9.91. The van der Waals surface area contributed by atoms with E-state index in [1.165, 1.54) is 25.7 Å². The van der Waals surface area contributed by atoms with E-state index in [2.05, 4.69) is 10.4 Å². The van der Waals surface area contributed by atoms with Crippen LogP contribution in [0.3, 0.4) is 0 Å². The van der Waals surface area contributed by atoms with Gasteiger partial charge in [-0.2, -0.15) is 23.4 Å². The zero-order valence-corrected chi connectivity index (χ0v) is 24.8. The molecule has 0 bridgehead atoms. The zero-order valence-electron chi connectivity index (χ0n) is 24.8. The lowest BCUT2D eigenvalue weighted by Crippen LogP contribution is -2.38. The second-order valence-electron chi connectivity index (χ2n) is 12.5. The summed E-state index contributed by atoms with van der Waals surface area (Å²) in [5.41, 5.74) is 7.84. The predicted octanol–water partition coefficient (Wildman–Crippen LogP) is 3.61. The molecule has 2 saturated carbocycles. The van der Waals surface area contributed by atoms with Crippen LogP contribution >= 0.6 is 0 Å². The van der Waals surface area contributed by atoms with Gasteiger partial charge in [-0.05, 0) is 82.1 Å². The zero-order chi connectivity index (χ0) is 31.0. The van der Waals surface area contributed by atoms with Gasteiger partial charge >= 0.3 is 6.18 Å². The molecule has 2 saturated heterocycles. The topological polar surface area (TPSA) is 142 Å². The maximum atomic E-state index is 13.2. The van der Waals surface area contributed by atoms with Gasteiger partial charge in [0.1, 0.15) is 11.7 Å². The predicted molar refractivity (Wildman–Crippen MR) is 152 cm³/mol. The molecule has 7 rings (SSSR count). The minimum atomic E-state index is -4.44. The molecule has 4 aliphatic rings. The van der Waals surface area contributed by atoms with E-state index in [-0.39, 0.29) is 18.8 Å². The summed E-state index contributed by atoms with van der Waals surface area (Å²) in [6.45, 7) is 3.80. The number of rotatable bonds is 9. The van der Waals surface area contributed by atoms with Crippen LogP contribution in [-0.4, -0.2) is 66.6 Å². The van der Waals surface area contributed by atoms with Crippen molar-refractivity contribution in [3.8, 4) is 0 Å². The van der Waals surface area contributed by atoms with Gasteiger partial charge in [0.25, 0.3) is 11.7 Å². The van der Waals surface area contributed by atoms with Crippen molar-refractivity contribution >= 4 is 17.6 Å². The van der Waals surface area contributed by atoms with Gasteiger partial charge in [0.2, 0.25) is 5.91 Å². The number of hydrogen-bond acceptors (Lipinski definition) is 7. The van der Waals surface area contributed by atoms with Crippen molar-refractivity contribution in [2.75, 3.05) is 13.2 Å². The third kappa shape index (κ3) is 6.89. The number of carbonyl (C=O) groups is 2. The summed E-state index contributed by atoms with van der Waals surface area (Å²) in [7, 11) is 0. The van der Waals surface area contributed by atoms with Gasteiger partial charge in [0.05, 0.1) is 23.3 Å². The van der Waals surface area contributed by atoms with Crippen molar-refractivity contribution in [2.45, 2.75) is 89.4 Å². The molecule has 4 fully saturated rings. The van der Waals surface area contributed by atoms with E-state index in [9.17, 15) is 22.8 Å². The quantitative estimate of drug-likeness (QED) is 0.374. The highest BCUT2D eigenvalue weighted by atomic mass is 19.4. The summed E-state index contributed by atoms with van der Waals surface area (Å²) in [6.07, 6.45) is 6.64. The molecule has 2 unspecified atom stereocenters. The van der Waals surface area contributed by atoms with Crippen LogP contribution in [0.1, 0.15) is 85.4 Å². The summed E-state index contributed by atoms with van der Waals surface area (Å²) >= 11 is 0. The second-order valence-corrected chi connectivity index (χ2v) is 12.5. The number of aromatic nitrogens is 6. The molecular weight excluding hydrogens is 577 g/mol. The fourth-order valence-electron chi connectivity index (χ4n) is 6.62. The first-order valence-electron chi connectivity index (χ1n) is 15.6. The van der Waals surface area contributed by atoms with Crippen molar-refractivity contribution in [2.24, 2.45) is 29.4 Å². The van der Waals surface area contributed by atoms with E-state index in [1.54, 1.807) is 21.5 Å². The maximum Gasteiger partial charge on any atom is 0.408 e. The number of fused-ring (bicyclic) bond motifs is 1. The molecule has 2 atom stereocenters. The third-order valence-corrected chi connectivity index (χ3v) is 9.28. The van der Waals surface area contributed by atoms with Crippen molar-refractivity contribution in [1.82, 2.24) is 34.7 Å². The summed E-state index contributed by atoms with van der Waals surface area (Å²) in [6, 6.07) is -0.193. The molecule has 44 heavy (non-hydrogen) atoms. The van der Waals surface area contributed by atoms with Gasteiger partial charge in [-0.25, -0.2) is 14.5 Å². The summed E-state index contributed by atoms with van der Waals surface area (Å²) in [4.78, 5) is 32.6. The van der Waals surface area contributed by atoms with Crippen molar-refractivity contribution < 1.29 is 27.5 Å². The number of halogens is 3. The Morgan fingerprint density at radius 1 is 1.14 bits per heavy atom.